The third-order valence-electron chi connectivity index (χ3n) is 2.92. The molecule has 3 nitrogen and oxygen atoms in total. The maximum Gasteiger partial charge on any atom is 0.237 e. The van der Waals surface area contributed by atoms with Crippen LogP contribution in [0.5, 0.6) is 5.75 Å². The van der Waals surface area contributed by atoms with Gasteiger partial charge in [-0.25, -0.2) is 0 Å². The van der Waals surface area contributed by atoms with Crippen molar-refractivity contribution >= 4 is 28.4 Å². The van der Waals surface area contributed by atoms with Crippen molar-refractivity contribution in [2.45, 2.75) is 0 Å². The van der Waals surface area contributed by atoms with Crippen LogP contribution < -0.4 is 0 Å². The molecule has 0 saturated carbocycles. The molecular formula is C14H8O3. The van der Waals surface area contributed by atoms with Gasteiger partial charge < -0.3 is 5.11 Å². The van der Waals surface area contributed by atoms with Crippen LogP contribution in [0.15, 0.2) is 36.4 Å². The summed E-state index contributed by atoms with van der Waals surface area (Å²) < 4.78 is 0. The third-order valence-corrected chi connectivity index (χ3v) is 2.92. The standard InChI is InChI=1S/C14H8O3/c15-11-6-5-9-7-8-3-1-2-4-10(8)13(16)12(9)14(11)17/h1-7,16H. The highest BCUT2D eigenvalue weighted by Crippen LogP contribution is 2.34. The quantitative estimate of drug-likeness (QED) is 0.699. The molecule has 1 aliphatic carbocycles. The largest absolute Gasteiger partial charge is 0.507 e. The van der Waals surface area contributed by atoms with Crippen LogP contribution in [0.1, 0.15) is 15.9 Å². The van der Waals surface area contributed by atoms with E-state index in [1.165, 1.54) is 6.08 Å². The van der Waals surface area contributed by atoms with Gasteiger partial charge in [0.15, 0.2) is 0 Å². The zero-order valence-electron chi connectivity index (χ0n) is 8.81. The number of ketones is 2. The van der Waals surface area contributed by atoms with Crippen LogP contribution in [0.2, 0.25) is 0 Å². The van der Waals surface area contributed by atoms with Gasteiger partial charge in [0.25, 0.3) is 0 Å². The van der Waals surface area contributed by atoms with Crippen LogP contribution in [-0.4, -0.2) is 16.7 Å². The molecule has 0 atom stereocenters. The Kier molecular flexibility index (Phi) is 1.89. The summed E-state index contributed by atoms with van der Waals surface area (Å²) in [6, 6.07) is 9.00. The number of phenolic OH excluding ortho intramolecular Hbond substituents is 1. The number of phenols is 1. The zero-order valence-corrected chi connectivity index (χ0v) is 8.81. The van der Waals surface area contributed by atoms with E-state index in [9.17, 15) is 14.7 Å². The summed E-state index contributed by atoms with van der Waals surface area (Å²) in [4.78, 5) is 23.0. The number of rotatable bonds is 0. The molecule has 0 fully saturated rings. The smallest absolute Gasteiger partial charge is 0.237 e. The molecular weight excluding hydrogens is 216 g/mol. The van der Waals surface area contributed by atoms with Crippen molar-refractivity contribution in [3.63, 3.8) is 0 Å². The van der Waals surface area contributed by atoms with Crippen LogP contribution in [-0.2, 0) is 4.79 Å². The molecule has 3 rings (SSSR count). The molecule has 17 heavy (non-hydrogen) atoms. The average molecular weight is 224 g/mol. The average Bonchev–Trinajstić information content (AvgIpc) is 2.34. The number of Topliss-reactive ketones (excluding diaryl/α,β-unsaturated/α-hetero) is 1. The number of allylic oxidation sites excluding steroid dienone is 1. The molecule has 1 aliphatic rings. The second kappa shape index (κ2) is 3.28. The lowest BCUT2D eigenvalue weighted by Crippen LogP contribution is -2.16. The summed E-state index contributed by atoms with van der Waals surface area (Å²) in [5.74, 6) is -1.35. The Balaban J connectivity index is 2.46. The van der Waals surface area contributed by atoms with Gasteiger partial charge in [-0.15, -0.1) is 0 Å². The monoisotopic (exact) mass is 224 g/mol. The minimum atomic E-state index is -0.647. The predicted octanol–water partition coefficient (Wildman–Crippen LogP) is 2.32. The fourth-order valence-corrected chi connectivity index (χ4v) is 2.08. The summed E-state index contributed by atoms with van der Waals surface area (Å²) in [7, 11) is 0. The van der Waals surface area contributed by atoms with E-state index in [0.717, 1.165) is 5.39 Å². The SMILES string of the molecule is O=C1C=Cc2cc3ccccc3c(O)c2C1=O. The molecule has 3 heteroatoms. The Morgan fingerprint density at radius 3 is 2.59 bits per heavy atom. The summed E-state index contributed by atoms with van der Waals surface area (Å²) in [6.45, 7) is 0. The first-order valence-corrected chi connectivity index (χ1v) is 5.20. The Bertz CT molecular complexity index is 696. The van der Waals surface area contributed by atoms with Crippen LogP contribution >= 0.6 is 0 Å². The molecule has 0 unspecified atom stereocenters. The Hall–Kier alpha value is -2.42. The fraction of sp³-hybridized carbons (Fsp3) is 0. The van der Waals surface area contributed by atoms with Gasteiger partial charge in [0.2, 0.25) is 11.6 Å². The molecule has 0 spiro atoms. The normalized spacial score (nSPS) is 14.1. The third kappa shape index (κ3) is 1.29. The van der Waals surface area contributed by atoms with E-state index in [-0.39, 0.29) is 11.3 Å². The van der Waals surface area contributed by atoms with E-state index in [1.807, 2.05) is 12.1 Å². The van der Waals surface area contributed by atoms with Gasteiger partial charge >= 0.3 is 0 Å². The Morgan fingerprint density at radius 2 is 1.76 bits per heavy atom. The van der Waals surface area contributed by atoms with Crippen LogP contribution in [0.25, 0.3) is 16.8 Å². The van der Waals surface area contributed by atoms with Crippen molar-refractivity contribution in [3.05, 3.63) is 47.5 Å². The van der Waals surface area contributed by atoms with Crippen molar-refractivity contribution < 1.29 is 14.7 Å². The van der Waals surface area contributed by atoms with Gasteiger partial charge in [-0.05, 0) is 23.1 Å². The highest BCUT2D eigenvalue weighted by Gasteiger charge is 2.25. The summed E-state index contributed by atoms with van der Waals surface area (Å²) in [5.41, 5.74) is 0.696. The molecule has 0 aromatic heterocycles. The molecule has 0 amide bonds. The van der Waals surface area contributed by atoms with E-state index < -0.39 is 11.6 Å². The van der Waals surface area contributed by atoms with Gasteiger partial charge in [0.05, 0.1) is 5.56 Å². The van der Waals surface area contributed by atoms with Gasteiger partial charge in [0, 0.05) is 5.39 Å². The van der Waals surface area contributed by atoms with Gasteiger partial charge in [-0.2, -0.15) is 0 Å². The molecule has 0 aliphatic heterocycles. The second-order valence-corrected chi connectivity index (χ2v) is 3.94. The van der Waals surface area contributed by atoms with E-state index in [1.54, 1.807) is 24.3 Å². The lowest BCUT2D eigenvalue weighted by molar-refractivity contribution is -0.110. The number of aromatic hydroxyl groups is 1. The highest BCUT2D eigenvalue weighted by atomic mass is 16.3. The number of carbonyl (C=O) groups excluding carboxylic acids is 2. The fourth-order valence-electron chi connectivity index (χ4n) is 2.08. The molecule has 0 heterocycles. The molecule has 1 N–H and O–H groups in total. The van der Waals surface area contributed by atoms with Gasteiger partial charge in [-0.3, -0.25) is 9.59 Å². The second-order valence-electron chi connectivity index (χ2n) is 3.94. The van der Waals surface area contributed by atoms with Crippen molar-refractivity contribution in [2.75, 3.05) is 0 Å². The number of carbonyl (C=O) groups is 2. The Labute approximate surface area is 97.0 Å². The minimum absolute atomic E-state index is 0.108. The van der Waals surface area contributed by atoms with Gasteiger partial charge in [0.1, 0.15) is 5.75 Å². The van der Waals surface area contributed by atoms with Crippen molar-refractivity contribution in [3.8, 4) is 5.75 Å². The highest BCUT2D eigenvalue weighted by molar-refractivity contribution is 6.50. The van der Waals surface area contributed by atoms with E-state index >= 15 is 0 Å². The number of hydrogen-bond donors (Lipinski definition) is 1. The lowest BCUT2D eigenvalue weighted by atomic mass is 9.91. The topological polar surface area (TPSA) is 54.4 Å². The Morgan fingerprint density at radius 1 is 1.00 bits per heavy atom. The molecule has 0 saturated heterocycles. The maximum atomic E-state index is 11.7. The van der Waals surface area contributed by atoms with Crippen molar-refractivity contribution in [1.82, 2.24) is 0 Å². The summed E-state index contributed by atoms with van der Waals surface area (Å²) >= 11 is 0. The molecule has 82 valence electrons. The summed E-state index contributed by atoms with van der Waals surface area (Å²) in [6.07, 6.45) is 2.80. The minimum Gasteiger partial charge on any atom is -0.507 e. The zero-order chi connectivity index (χ0) is 12.0. The number of fused-ring (bicyclic) bond motifs is 2. The first kappa shape index (κ1) is 9.78. The van der Waals surface area contributed by atoms with Crippen LogP contribution in [0.4, 0.5) is 0 Å². The van der Waals surface area contributed by atoms with Gasteiger partial charge in [-0.1, -0.05) is 30.3 Å². The molecule has 0 radical (unpaired) electrons. The van der Waals surface area contributed by atoms with Crippen molar-refractivity contribution in [1.29, 1.82) is 0 Å². The lowest BCUT2D eigenvalue weighted by Gasteiger charge is -2.12. The van der Waals surface area contributed by atoms with E-state index in [4.69, 9.17) is 0 Å². The molecule has 0 bridgehead atoms. The summed E-state index contributed by atoms with van der Waals surface area (Å²) in [5, 5.41) is 11.5. The van der Waals surface area contributed by atoms with Crippen molar-refractivity contribution in [2.24, 2.45) is 0 Å². The molecule has 2 aromatic rings. The maximum absolute atomic E-state index is 11.7. The predicted molar refractivity (Wildman–Crippen MR) is 64.0 cm³/mol. The number of hydrogen-bond acceptors (Lipinski definition) is 3. The van der Waals surface area contributed by atoms with Crippen LogP contribution in [0.3, 0.4) is 0 Å². The first-order valence-electron chi connectivity index (χ1n) is 5.20. The number of benzene rings is 2. The first-order chi connectivity index (χ1) is 8.18. The van der Waals surface area contributed by atoms with Crippen LogP contribution in [0, 0.1) is 0 Å². The molecule has 2 aromatic carbocycles. The van der Waals surface area contributed by atoms with E-state index in [2.05, 4.69) is 0 Å². The van der Waals surface area contributed by atoms with E-state index in [0.29, 0.717) is 10.9 Å².